The monoisotopic (exact) mass is 260 g/mol. The Morgan fingerprint density at radius 3 is 2.89 bits per heavy atom. The summed E-state index contributed by atoms with van der Waals surface area (Å²) in [5.74, 6) is 0.665. The van der Waals surface area contributed by atoms with Crippen molar-refractivity contribution in [3.05, 3.63) is 40.1 Å². The van der Waals surface area contributed by atoms with Crippen molar-refractivity contribution in [2.45, 2.75) is 13.3 Å². The van der Waals surface area contributed by atoms with Crippen LogP contribution < -0.4 is 11.1 Å². The minimum atomic E-state index is -0.362. The summed E-state index contributed by atoms with van der Waals surface area (Å²) < 4.78 is 0. The molecule has 0 unspecified atom stereocenters. The first-order valence-electron chi connectivity index (χ1n) is 6.11. The molecule has 0 bridgehead atoms. The fourth-order valence-corrected chi connectivity index (χ4v) is 2.01. The van der Waals surface area contributed by atoms with Gasteiger partial charge in [0.25, 0.3) is 5.69 Å². The Morgan fingerprint density at radius 2 is 2.21 bits per heavy atom. The molecule has 100 valence electrons. The number of aryl methyl sites for hydroxylation is 1. The molecule has 0 spiro atoms. The zero-order valence-electron chi connectivity index (χ0n) is 10.7. The zero-order chi connectivity index (χ0) is 13.8. The molecule has 3 N–H and O–H groups in total. The molecule has 0 aliphatic rings. The van der Waals surface area contributed by atoms with Crippen molar-refractivity contribution in [2.75, 3.05) is 18.4 Å². The fraction of sp³-hybridized carbons (Fsp3) is 0.308. The molecular weight excluding hydrogens is 244 g/mol. The number of benzene rings is 1. The topological polar surface area (TPSA) is 94.1 Å². The number of nitrogens with one attached hydrogen (secondary N) is 1. The van der Waals surface area contributed by atoms with E-state index >= 15 is 0 Å². The van der Waals surface area contributed by atoms with Crippen LogP contribution in [0.2, 0.25) is 0 Å². The largest absolute Gasteiger partial charge is 0.370 e. The van der Waals surface area contributed by atoms with E-state index in [4.69, 9.17) is 5.73 Å². The van der Waals surface area contributed by atoms with Gasteiger partial charge in [-0.1, -0.05) is 0 Å². The molecule has 0 amide bonds. The second kappa shape index (κ2) is 5.62. The third-order valence-corrected chi connectivity index (χ3v) is 2.87. The molecule has 0 radical (unpaired) electrons. The molecule has 0 aliphatic heterocycles. The molecule has 0 saturated heterocycles. The van der Waals surface area contributed by atoms with Crippen LogP contribution in [0.4, 0.5) is 11.5 Å². The van der Waals surface area contributed by atoms with E-state index in [1.165, 1.54) is 0 Å². The van der Waals surface area contributed by atoms with Crippen molar-refractivity contribution >= 4 is 22.3 Å². The van der Waals surface area contributed by atoms with E-state index < -0.39 is 0 Å². The van der Waals surface area contributed by atoms with E-state index in [1.807, 2.05) is 13.0 Å². The Bertz CT molecular complexity index is 613. The molecule has 1 aromatic heterocycles. The molecule has 2 rings (SSSR count). The average Bonchev–Trinajstić information content (AvgIpc) is 2.38. The lowest BCUT2D eigenvalue weighted by Crippen LogP contribution is -2.09. The first-order valence-corrected chi connectivity index (χ1v) is 6.11. The first kappa shape index (κ1) is 13.2. The normalized spacial score (nSPS) is 10.6. The van der Waals surface area contributed by atoms with Gasteiger partial charge in [-0.2, -0.15) is 0 Å². The van der Waals surface area contributed by atoms with Gasteiger partial charge >= 0.3 is 0 Å². The SMILES string of the molecule is Cc1cc([N+](=O)[O-])c2ccnc(NCCCN)c2c1. The van der Waals surface area contributed by atoms with Crippen LogP contribution in [-0.4, -0.2) is 23.0 Å². The molecule has 0 fully saturated rings. The zero-order valence-corrected chi connectivity index (χ0v) is 10.7. The third kappa shape index (κ3) is 2.79. The maximum absolute atomic E-state index is 11.1. The standard InChI is InChI=1S/C13H16N4O2/c1-9-7-11-10(12(8-9)17(18)19)3-6-16-13(11)15-5-2-4-14/h3,6-8H,2,4-5,14H2,1H3,(H,15,16). The lowest BCUT2D eigenvalue weighted by atomic mass is 10.1. The van der Waals surface area contributed by atoms with E-state index in [-0.39, 0.29) is 10.6 Å². The quantitative estimate of drug-likeness (QED) is 0.488. The number of nitro groups is 1. The second-order valence-electron chi connectivity index (χ2n) is 4.36. The summed E-state index contributed by atoms with van der Waals surface area (Å²) in [7, 11) is 0. The van der Waals surface area contributed by atoms with E-state index in [0.29, 0.717) is 24.3 Å². The van der Waals surface area contributed by atoms with Gasteiger partial charge < -0.3 is 11.1 Å². The smallest absolute Gasteiger partial charge is 0.277 e. The summed E-state index contributed by atoms with van der Waals surface area (Å²) in [5, 5.41) is 15.6. The van der Waals surface area contributed by atoms with Gasteiger partial charge in [0.05, 0.1) is 10.3 Å². The lowest BCUT2D eigenvalue weighted by Gasteiger charge is -2.09. The van der Waals surface area contributed by atoms with Crippen LogP contribution in [0.5, 0.6) is 0 Å². The molecule has 19 heavy (non-hydrogen) atoms. The van der Waals surface area contributed by atoms with Gasteiger partial charge in [0.15, 0.2) is 0 Å². The Kier molecular flexibility index (Phi) is 3.91. The number of rotatable bonds is 5. The number of nitro benzene ring substituents is 1. The molecule has 0 saturated carbocycles. The number of hydrogen-bond donors (Lipinski definition) is 2. The predicted octanol–water partition coefficient (Wildman–Crippen LogP) is 2.21. The minimum absolute atomic E-state index is 0.110. The molecule has 6 nitrogen and oxygen atoms in total. The van der Waals surface area contributed by atoms with Gasteiger partial charge in [0.2, 0.25) is 0 Å². The van der Waals surface area contributed by atoms with Gasteiger partial charge in [-0.3, -0.25) is 10.1 Å². The Labute approximate surface area is 110 Å². The second-order valence-corrected chi connectivity index (χ2v) is 4.36. The Balaban J connectivity index is 2.52. The highest BCUT2D eigenvalue weighted by atomic mass is 16.6. The number of non-ortho nitro benzene ring substituents is 1. The summed E-state index contributed by atoms with van der Waals surface area (Å²) >= 11 is 0. The summed E-state index contributed by atoms with van der Waals surface area (Å²) in [5.41, 5.74) is 6.40. The third-order valence-electron chi connectivity index (χ3n) is 2.87. The maximum Gasteiger partial charge on any atom is 0.277 e. The van der Waals surface area contributed by atoms with Crippen LogP contribution in [0.1, 0.15) is 12.0 Å². The van der Waals surface area contributed by atoms with Crippen molar-refractivity contribution < 1.29 is 4.92 Å². The summed E-state index contributed by atoms with van der Waals surface area (Å²) in [6.07, 6.45) is 2.40. The molecule has 6 heteroatoms. The van der Waals surface area contributed by atoms with E-state index in [0.717, 1.165) is 17.4 Å². The fourth-order valence-electron chi connectivity index (χ4n) is 2.01. The van der Waals surface area contributed by atoms with Gasteiger partial charge in [-0.15, -0.1) is 0 Å². The lowest BCUT2D eigenvalue weighted by molar-refractivity contribution is -0.383. The van der Waals surface area contributed by atoms with Crippen LogP contribution in [-0.2, 0) is 0 Å². The number of nitrogens with zero attached hydrogens (tertiary/aromatic N) is 2. The highest BCUT2D eigenvalue weighted by Crippen LogP contribution is 2.30. The van der Waals surface area contributed by atoms with Crippen molar-refractivity contribution in [1.29, 1.82) is 0 Å². The van der Waals surface area contributed by atoms with Crippen LogP contribution in [0, 0.1) is 17.0 Å². The molecular formula is C13H16N4O2. The van der Waals surface area contributed by atoms with Crippen LogP contribution >= 0.6 is 0 Å². The van der Waals surface area contributed by atoms with Crippen LogP contribution in [0.25, 0.3) is 10.8 Å². The predicted molar refractivity (Wildman–Crippen MR) is 75.3 cm³/mol. The summed E-state index contributed by atoms with van der Waals surface area (Å²) in [6.45, 7) is 3.13. The summed E-state index contributed by atoms with van der Waals surface area (Å²) in [4.78, 5) is 15.0. The van der Waals surface area contributed by atoms with Crippen molar-refractivity contribution in [2.24, 2.45) is 5.73 Å². The van der Waals surface area contributed by atoms with E-state index in [9.17, 15) is 10.1 Å². The van der Waals surface area contributed by atoms with Crippen molar-refractivity contribution in [3.63, 3.8) is 0 Å². The Hall–Kier alpha value is -2.21. The van der Waals surface area contributed by atoms with Gasteiger partial charge in [0.1, 0.15) is 5.82 Å². The number of aromatic nitrogens is 1. The number of nitrogens with two attached hydrogens (primary N) is 1. The van der Waals surface area contributed by atoms with E-state index in [2.05, 4.69) is 10.3 Å². The number of anilines is 1. The molecule has 0 aliphatic carbocycles. The van der Waals surface area contributed by atoms with Crippen molar-refractivity contribution in [3.8, 4) is 0 Å². The molecule has 0 atom stereocenters. The maximum atomic E-state index is 11.1. The van der Waals surface area contributed by atoms with Gasteiger partial charge in [-0.25, -0.2) is 4.98 Å². The van der Waals surface area contributed by atoms with E-state index in [1.54, 1.807) is 18.3 Å². The van der Waals surface area contributed by atoms with Crippen molar-refractivity contribution in [1.82, 2.24) is 4.98 Å². The Morgan fingerprint density at radius 1 is 1.42 bits per heavy atom. The van der Waals surface area contributed by atoms with Gasteiger partial charge in [0, 0.05) is 24.2 Å². The highest BCUT2D eigenvalue weighted by Gasteiger charge is 2.14. The number of pyridine rings is 1. The number of hydrogen-bond acceptors (Lipinski definition) is 5. The number of fused-ring (bicyclic) bond motifs is 1. The molecule has 1 heterocycles. The van der Waals surface area contributed by atoms with Crippen LogP contribution in [0.3, 0.4) is 0 Å². The molecule has 1 aromatic carbocycles. The van der Waals surface area contributed by atoms with Crippen LogP contribution in [0.15, 0.2) is 24.4 Å². The summed E-state index contributed by atoms with van der Waals surface area (Å²) in [6, 6.07) is 5.15. The average molecular weight is 260 g/mol. The first-order chi connectivity index (χ1) is 9.13. The molecule has 2 aromatic rings. The minimum Gasteiger partial charge on any atom is -0.370 e. The highest BCUT2D eigenvalue weighted by molar-refractivity contribution is 5.98. The van der Waals surface area contributed by atoms with Gasteiger partial charge in [-0.05, 0) is 37.6 Å².